The number of anilines is 1. The van der Waals surface area contributed by atoms with Crippen molar-refractivity contribution in [2.75, 3.05) is 25.2 Å². The van der Waals surface area contributed by atoms with E-state index in [1.807, 2.05) is 42.8 Å². The van der Waals surface area contributed by atoms with E-state index in [4.69, 9.17) is 0 Å². The summed E-state index contributed by atoms with van der Waals surface area (Å²) >= 11 is 2.47. The molecular formula is C19H22N6O2S2. The van der Waals surface area contributed by atoms with E-state index < -0.39 is 0 Å². The highest BCUT2D eigenvalue weighted by Crippen LogP contribution is 2.25. The average molecular weight is 431 g/mol. The van der Waals surface area contributed by atoms with Crippen molar-refractivity contribution in [2.45, 2.75) is 19.0 Å². The molecule has 29 heavy (non-hydrogen) atoms. The molecule has 2 heterocycles. The molecule has 3 aromatic rings. The predicted octanol–water partition coefficient (Wildman–Crippen LogP) is 2.99. The van der Waals surface area contributed by atoms with Crippen molar-refractivity contribution in [3.63, 3.8) is 0 Å². The third-order valence-corrected chi connectivity index (χ3v) is 6.17. The van der Waals surface area contributed by atoms with Gasteiger partial charge in [0.15, 0.2) is 16.1 Å². The number of hydrogen-bond donors (Lipinski definition) is 1. The van der Waals surface area contributed by atoms with Gasteiger partial charge < -0.3 is 14.8 Å². The molecule has 0 bridgehead atoms. The number of thiazole rings is 1. The normalized spacial score (nSPS) is 10.8. The van der Waals surface area contributed by atoms with Gasteiger partial charge in [-0.2, -0.15) is 0 Å². The highest BCUT2D eigenvalue weighted by atomic mass is 32.2. The van der Waals surface area contributed by atoms with E-state index in [1.165, 1.54) is 28.0 Å². The molecule has 1 aromatic carbocycles. The van der Waals surface area contributed by atoms with Crippen molar-refractivity contribution >= 4 is 40.0 Å². The van der Waals surface area contributed by atoms with Gasteiger partial charge >= 0.3 is 0 Å². The first-order valence-corrected chi connectivity index (χ1v) is 10.6. The number of nitrogens with zero attached hydrogens (tertiary/aromatic N) is 5. The number of hydrogen-bond acceptors (Lipinski definition) is 7. The molecule has 2 amide bonds. The minimum absolute atomic E-state index is 0.127. The molecule has 8 nitrogen and oxygen atoms in total. The van der Waals surface area contributed by atoms with Crippen molar-refractivity contribution in [1.29, 1.82) is 0 Å². The highest BCUT2D eigenvalue weighted by molar-refractivity contribution is 7.99. The molecule has 2 aromatic heterocycles. The first-order chi connectivity index (χ1) is 13.8. The number of nitrogens with one attached hydrogen (secondary N) is 1. The van der Waals surface area contributed by atoms with E-state index in [0.717, 1.165) is 17.0 Å². The molecule has 0 aliphatic rings. The summed E-state index contributed by atoms with van der Waals surface area (Å²) < 4.78 is 1.87. The maximum absolute atomic E-state index is 12.3. The second-order valence-electron chi connectivity index (χ2n) is 6.70. The molecule has 3 rings (SSSR count). The molecular weight excluding hydrogens is 408 g/mol. The molecule has 0 unspecified atom stereocenters. The van der Waals surface area contributed by atoms with Crippen LogP contribution in [0, 0.1) is 13.8 Å². The smallest absolute Gasteiger partial charge is 0.265 e. The van der Waals surface area contributed by atoms with Crippen molar-refractivity contribution < 1.29 is 9.59 Å². The van der Waals surface area contributed by atoms with Crippen molar-refractivity contribution in [1.82, 2.24) is 24.6 Å². The van der Waals surface area contributed by atoms with Gasteiger partial charge in [0.25, 0.3) is 5.91 Å². The molecule has 0 aliphatic heterocycles. The molecule has 152 valence electrons. The number of aromatic nitrogens is 4. The van der Waals surface area contributed by atoms with E-state index >= 15 is 0 Å². The Kier molecular flexibility index (Phi) is 6.33. The Bertz CT molecular complexity index is 1060. The third kappa shape index (κ3) is 4.83. The Morgan fingerprint density at radius 3 is 2.69 bits per heavy atom. The summed E-state index contributed by atoms with van der Waals surface area (Å²) in [6.45, 7) is 3.78. The standard InChI is InChI=1S/C19H22N6O2S2/c1-11-7-6-8-13(9-11)16-22-23-19(25(16)5)28-10-14(26)21-18-20-12(2)15(29-18)17(27)24(3)4/h6-9H,10H2,1-5H3,(H,20,21,26). The highest BCUT2D eigenvalue weighted by Gasteiger charge is 2.18. The number of carbonyl (C=O) groups excluding carboxylic acids is 2. The monoisotopic (exact) mass is 430 g/mol. The Morgan fingerprint density at radius 2 is 2.00 bits per heavy atom. The maximum atomic E-state index is 12.3. The fraction of sp³-hybridized carbons (Fsp3) is 0.316. The van der Waals surface area contributed by atoms with Crippen molar-refractivity contribution in [2.24, 2.45) is 7.05 Å². The van der Waals surface area contributed by atoms with Crippen molar-refractivity contribution in [3.8, 4) is 11.4 Å². The summed E-state index contributed by atoms with van der Waals surface area (Å²) in [5, 5.41) is 12.3. The lowest BCUT2D eigenvalue weighted by Crippen LogP contribution is -2.21. The lowest BCUT2D eigenvalue weighted by atomic mass is 10.1. The van der Waals surface area contributed by atoms with E-state index in [-0.39, 0.29) is 17.6 Å². The number of amides is 2. The number of thioether (sulfide) groups is 1. The molecule has 0 fully saturated rings. The van der Waals surface area contributed by atoms with E-state index in [2.05, 4.69) is 20.5 Å². The predicted molar refractivity (Wildman–Crippen MR) is 115 cm³/mol. The Balaban J connectivity index is 1.63. The number of aryl methyl sites for hydroxylation is 2. The second-order valence-corrected chi connectivity index (χ2v) is 8.65. The van der Waals surface area contributed by atoms with Gasteiger partial charge in [-0.1, -0.05) is 46.9 Å². The Hall–Kier alpha value is -2.72. The molecule has 10 heteroatoms. The minimum Gasteiger partial charge on any atom is -0.344 e. The Labute approximate surface area is 177 Å². The van der Waals surface area contributed by atoms with Crippen molar-refractivity contribution in [3.05, 3.63) is 40.4 Å². The van der Waals surface area contributed by atoms with E-state index in [1.54, 1.807) is 21.0 Å². The van der Waals surface area contributed by atoms with Gasteiger partial charge in [-0.25, -0.2) is 4.98 Å². The number of rotatable bonds is 6. The van der Waals surface area contributed by atoms with E-state index in [0.29, 0.717) is 20.9 Å². The van der Waals surface area contributed by atoms with Crippen LogP contribution in [0.3, 0.4) is 0 Å². The van der Waals surface area contributed by atoms with Gasteiger partial charge in [0.1, 0.15) is 4.88 Å². The molecule has 0 aliphatic carbocycles. The zero-order valence-electron chi connectivity index (χ0n) is 16.9. The van der Waals surface area contributed by atoms with Crippen LogP contribution in [0.4, 0.5) is 5.13 Å². The lowest BCUT2D eigenvalue weighted by Gasteiger charge is -2.07. The third-order valence-electron chi connectivity index (χ3n) is 4.09. The summed E-state index contributed by atoms with van der Waals surface area (Å²) in [4.78, 5) is 30.7. The molecule has 0 saturated heterocycles. The zero-order valence-corrected chi connectivity index (χ0v) is 18.5. The SMILES string of the molecule is Cc1cccc(-c2nnc(SCC(=O)Nc3nc(C)c(C(=O)N(C)C)s3)n2C)c1. The van der Waals surface area contributed by atoms with Crippen LogP contribution in [0.2, 0.25) is 0 Å². The maximum Gasteiger partial charge on any atom is 0.265 e. The molecule has 0 spiro atoms. The quantitative estimate of drug-likeness (QED) is 0.605. The van der Waals surface area contributed by atoms with Gasteiger partial charge in [0.2, 0.25) is 5.91 Å². The second kappa shape index (κ2) is 8.75. The van der Waals surface area contributed by atoms with Crippen LogP contribution in [0.5, 0.6) is 0 Å². The fourth-order valence-corrected chi connectivity index (χ4v) is 4.33. The van der Waals surface area contributed by atoms with Gasteiger partial charge in [0.05, 0.1) is 11.4 Å². The van der Waals surface area contributed by atoms with E-state index in [9.17, 15) is 9.59 Å². The van der Waals surface area contributed by atoms with Gasteiger partial charge in [-0.05, 0) is 19.9 Å². The topological polar surface area (TPSA) is 93.0 Å². The summed E-state index contributed by atoms with van der Waals surface area (Å²) in [6, 6.07) is 8.03. The zero-order chi connectivity index (χ0) is 21.1. The van der Waals surface area contributed by atoms with Crippen LogP contribution in [-0.4, -0.2) is 56.3 Å². The first kappa shape index (κ1) is 21.0. The van der Waals surface area contributed by atoms with Crippen LogP contribution >= 0.6 is 23.1 Å². The largest absolute Gasteiger partial charge is 0.344 e. The van der Waals surface area contributed by atoms with Gasteiger partial charge in [-0.3, -0.25) is 9.59 Å². The van der Waals surface area contributed by atoms with Gasteiger partial charge in [-0.15, -0.1) is 10.2 Å². The molecule has 0 saturated carbocycles. The van der Waals surface area contributed by atoms with Crippen LogP contribution in [-0.2, 0) is 11.8 Å². The summed E-state index contributed by atoms with van der Waals surface area (Å²) in [5.41, 5.74) is 2.73. The summed E-state index contributed by atoms with van der Waals surface area (Å²) in [7, 11) is 5.24. The fourth-order valence-electron chi connectivity index (χ4n) is 2.61. The first-order valence-electron chi connectivity index (χ1n) is 8.84. The summed E-state index contributed by atoms with van der Waals surface area (Å²) in [6.07, 6.45) is 0. The van der Waals surface area contributed by atoms with Crippen LogP contribution in [0.1, 0.15) is 20.9 Å². The van der Waals surface area contributed by atoms with Gasteiger partial charge in [0, 0.05) is 26.7 Å². The summed E-state index contributed by atoms with van der Waals surface area (Å²) in [5.74, 6) is 0.569. The molecule has 0 radical (unpaired) electrons. The minimum atomic E-state index is -0.215. The number of carbonyl (C=O) groups is 2. The number of benzene rings is 1. The van der Waals surface area contributed by atoms with Crippen LogP contribution in [0.25, 0.3) is 11.4 Å². The lowest BCUT2D eigenvalue weighted by molar-refractivity contribution is -0.113. The Morgan fingerprint density at radius 1 is 1.24 bits per heavy atom. The molecule has 0 atom stereocenters. The molecule has 1 N–H and O–H groups in total. The van der Waals surface area contributed by atoms with Crippen LogP contribution in [0.15, 0.2) is 29.4 Å². The van der Waals surface area contributed by atoms with Crippen LogP contribution < -0.4 is 5.32 Å². The average Bonchev–Trinajstić information content (AvgIpc) is 3.21.